The van der Waals surface area contributed by atoms with Gasteiger partial charge in [0, 0.05) is 6.42 Å². The molecule has 0 saturated heterocycles. The summed E-state index contributed by atoms with van der Waals surface area (Å²) in [5, 5.41) is 12.9. The number of halogens is 2. The lowest BCUT2D eigenvalue weighted by Crippen LogP contribution is -2.23. The fourth-order valence-electron chi connectivity index (χ4n) is 2.22. The van der Waals surface area contributed by atoms with E-state index in [-0.39, 0.29) is 24.8 Å². The predicted octanol–water partition coefficient (Wildman–Crippen LogP) is 2.03. The van der Waals surface area contributed by atoms with E-state index in [2.05, 4.69) is 10.1 Å². The number of aliphatic carboxylic acids is 1. The lowest BCUT2D eigenvalue weighted by Gasteiger charge is -2.21. The zero-order chi connectivity index (χ0) is 15.2. The molecule has 2 rings (SSSR count). The summed E-state index contributed by atoms with van der Waals surface area (Å²) >= 11 is 0. The van der Waals surface area contributed by atoms with Gasteiger partial charge in [-0.1, -0.05) is 17.3 Å². The Morgan fingerprint density at radius 3 is 2.95 bits per heavy atom. The first-order chi connectivity index (χ1) is 10.1. The first-order valence-corrected chi connectivity index (χ1v) is 6.64. The van der Waals surface area contributed by atoms with Crippen LogP contribution in [0, 0.1) is 5.92 Å². The van der Waals surface area contributed by atoms with Gasteiger partial charge in [-0.05, 0) is 12.8 Å². The molecular formula is C13H16F2N2O4. The average Bonchev–Trinajstić information content (AvgIpc) is 2.92. The van der Waals surface area contributed by atoms with Crippen LogP contribution in [0.3, 0.4) is 0 Å². The van der Waals surface area contributed by atoms with Gasteiger partial charge in [-0.15, -0.1) is 0 Å². The second-order valence-corrected chi connectivity index (χ2v) is 4.76. The van der Waals surface area contributed by atoms with E-state index in [9.17, 15) is 18.7 Å². The Hall–Kier alpha value is -1.83. The summed E-state index contributed by atoms with van der Waals surface area (Å²) in [6, 6.07) is 0. The summed E-state index contributed by atoms with van der Waals surface area (Å²) in [5.41, 5.74) is 0. The Morgan fingerprint density at radius 1 is 1.48 bits per heavy atom. The summed E-state index contributed by atoms with van der Waals surface area (Å²) in [4.78, 5) is 15.3. The van der Waals surface area contributed by atoms with Crippen molar-refractivity contribution >= 4 is 5.97 Å². The van der Waals surface area contributed by atoms with Crippen molar-refractivity contribution in [2.24, 2.45) is 5.92 Å². The van der Waals surface area contributed by atoms with Crippen LogP contribution in [-0.4, -0.2) is 40.9 Å². The molecule has 0 aliphatic heterocycles. The molecule has 1 aliphatic rings. The zero-order valence-corrected chi connectivity index (χ0v) is 11.2. The van der Waals surface area contributed by atoms with Crippen molar-refractivity contribution in [2.45, 2.75) is 31.6 Å². The average molecular weight is 302 g/mol. The van der Waals surface area contributed by atoms with Gasteiger partial charge in [0.1, 0.15) is 6.61 Å². The molecule has 0 saturated carbocycles. The Labute approximate surface area is 119 Å². The number of allylic oxidation sites excluding steroid dienone is 2. The number of rotatable bonds is 7. The fourth-order valence-corrected chi connectivity index (χ4v) is 2.22. The maximum atomic E-state index is 11.9. The molecule has 6 nitrogen and oxygen atoms in total. The number of carboxylic acid groups (broad SMARTS) is 1. The van der Waals surface area contributed by atoms with E-state index in [0.29, 0.717) is 18.7 Å². The molecule has 116 valence electrons. The summed E-state index contributed by atoms with van der Waals surface area (Å²) < 4.78 is 33.6. The van der Waals surface area contributed by atoms with E-state index in [1.807, 2.05) is 12.2 Å². The zero-order valence-electron chi connectivity index (χ0n) is 11.2. The van der Waals surface area contributed by atoms with Crippen molar-refractivity contribution in [3.05, 3.63) is 23.9 Å². The van der Waals surface area contributed by atoms with E-state index in [4.69, 9.17) is 9.26 Å². The molecule has 0 bridgehead atoms. The molecule has 1 aliphatic carbocycles. The van der Waals surface area contributed by atoms with Crippen LogP contribution < -0.4 is 0 Å². The minimum Gasteiger partial charge on any atom is -0.481 e. The van der Waals surface area contributed by atoms with Crippen molar-refractivity contribution in [3.8, 4) is 0 Å². The Kier molecular flexibility index (Phi) is 5.38. The van der Waals surface area contributed by atoms with Crippen molar-refractivity contribution in [2.75, 3.05) is 13.2 Å². The van der Waals surface area contributed by atoms with Crippen LogP contribution >= 0.6 is 0 Å². The maximum absolute atomic E-state index is 11.9. The van der Waals surface area contributed by atoms with Crippen molar-refractivity contribution in [3.63, 3.8) is 0 Å². The van der Waals surface area contributed by atoms with Crippen molar-refractivity contribution < 1.29 is 27.9 Å². The monoisotopic (exact) mass is 302 g/mol. The largest absolute Gasteiger partial charge is 0.481 e. The highest BCUT2D eigenvalue weighted by Gasteiger charge is 2.33. The van der Waals surface area contributed by atoms with Gasteiger partial charge in [-0.25, -0.2) is 8.78 Å². The first kappa shape index (κ1) is 15.6. The molecule has 2 atom stereocenters. The van der Waals surface area contributed by atoms with Gasteiger partial charge in [-0.2, -0.15) is 4.98 Å². The molecule has 0 unspecified atom stereocenters. The number of aromatic nitrogens is 2. The molecule has 0 aromatic carbocycles. The summed E-state index contributed by atoms with van der Waals surface area (Å²) in [6.07, 6.45) is 2.41. The predicted molar refractivity (Wildman–Crippen MR) is 67.1 cm³/mol. The van der Waals surface area contributed by atoms with Crippen LogP contribution in [0.4, 0.5) is 8.78 Å². The third kappa shape index (κ3) is 4.32. The SMILES string of the molecule is O=C(O)[C@H]1CC=CC[C@H]1c1nc(CCOCC(F)F)no1. The van der Waals surface area contributed by atoms with E-state index < -0.39 is 24.9 Å². The van der Waals surface area contributed by atoms with E-state index in [0.717, 1.165) is 0 Å². The number of ether oxygens (including phenoxy) is 1. The van der Waals surface area contributed by atoms with Crippen LogP contribution in [0.25, 0.3) is 0 Å². The lowest BCUT2D eigenvalue weighted by molar-refractivity contribution is -0.142. The highest BCUT2D eigenvalue weighted by Crippen LogP contribution is 2.33. The van der Waals surface area contributed by atoms with Gasteiger partial charge >= 0.3 is 5.97 Å². The summed E-state index contributed by atoms with van der Waals surface area (Å²) in [7, 11) is 0. The van der Waals surface area contributed by atoms with Gasteiger partial charge in [0.2, 0.25) is 5.89 Å². The highest BCUT2D eigenvalue weighted by molar-refractivity contribution is 5.71. The van der Waals surface area contributed by atoms with E-state index in [1.54, 1.807) is 0 Å². The number of hydrogen-bond donors (Lipinski definition) is 1. The molecule has 1 aromatic heterocycles. The van der Waals surface area contributed by atoms with Crippen LogP contribution in [-0.2, 0) is 16.0 Å². The molecule has 0 spiro atoms. The van der Waals surface area contributed by atoms with Crippen LogP contribution in [0.5, 0.6) is 0 Å². The molecular weight excluding hydrogens is 286 g/mol. The number of hydrogen-bond acceptors (Lipinski definition) is 5. The fraction of sp³-hybridized carbons (Fsp3) is 0.615. The van der Waals surface area contributed by atoms with Gasteiger partial charge in [0.25, 0.3) is 6.43 Å². The minimum atomic E-state index is -2.50. The first-order valence-electron chi connectivity index (χ1n) is 6.64. The number of alkyl halides is 2. The topological polar surface area (TPSA) is 85.5 Å². The quantitative estimate of drug-likeness (QED) is 0.612. The molecule has 0 amide bonds. The molecule has 1 N–H and O–H groups in total. The number of carboxylic acids is 1. The Morgan fingerprint density at radius 2 is 2.24 bits per heavy atom. The smallest absolute Gasteiger partial charge is 0.307 e. The maximum Gasteiger partial charge on any atom is 0.307 e. The Bertz CT molecular complexity index is 504. The molecule has 0 radical (unpaired) electrons. The normalized spacial score (nSPS) is 21.9. The Balaban J connectivity index is 1.92. The van der Waals surface area contributed by atoms with Gasteiger partial charge < -0.3 is 14.4 Å². The van der Waals surface area contributed by atoms with Gasteiger partial charge in [-0.3, -0.25) is 4.79 Å². The highest BCUT2D eigenvalue weighted by atomic mass is 19.3. The molecule has 1 aromatic rings. The summed E-state index contributed by atoms with van der Waals surface area (Å²) in [5.74, 6) is -1.23. The molecule has 8 heteroatoms. The van der Waals surface area contributed by atoms with Gasteiger partial charge in [0.05, 0.1) is 18.4 Å². The number of carbonyl (C=O) groups is 1. The van der Waals surface area contributed by atoms with Crippen LogP contribution in [0.2, 0.25) is 0 Å². The van der Waals surface area contributed by atoms with Crippen LogP contribution in [0.15, 0.2) is 16.7 Å². The summed E-state index contributed by atoms with van der Waals surface area (Å²) in [6.45, 7) is -0.560. The third-order valence-corrected chi connectivity index (χ3v) is 3.26. The second-order valence-electron chi connectivity index (χ2n) is 4.76. The van der Waals surface area contributed by atoms with Gasteiger partial charge in [0.15, 0.2) is 5.82 Å². The third-order valence-electron chi connectivity index (χ3n) is 3.26. The minimum absolute atomic E-state index is 0.0657. The van der Waals surface area contributed by atoms with Crippen LogP contribution in [0.1, 0.15) is 30.5 Å². The van der Waals surface area contributed by atoms with Crippen molar-refractivity contribution in [1.29, 1.82) is 0 Å². The number of nitrogens with zero attached hydrogens (tertiary/aromatic N) is 2. The standard InChI is InChI=1S/C13H16F2N2O4/c14-10(15)7-20-6-5-11-16-12(21-17-11)8-3-1-2-4-9(8)13(18)19/h1-2,8-10H,3-7H2,(H,18,19)/t8-,9+/m1/s1. The van der Waals surface area contributed by atoms with E-state index >= 15 is 0 Å². The lowest BCUT2D eigenvalue weighted by atomic mass is 9.83. The molecule has 21 heavy (non-hydrogen) atoms. The molecule has 0 fully saturated rings. The van der Waals surface area contributed by atoms with Crippen molar-refractivity contribution in [1.82, 2.24) is 10.1 Å². The van der Waals surface area contributed by atoms with E-state index in [1.165, 1.54) is 0 Å². The second kappa shape index (κ2) is 7.26. The molecule has 1 heterocycles.